The summed E-state index contributed by atoms with van der Waals surface area (Å²) in [5, 5.41) is 15.7. The molecule has 1 nitrogen and oxygen atoms in total. The molecular weight excluding hydrogens is 420 g/mol. The molecule has 156 valence electrons. The van der Waals surface area contributed by atoms with E-state index in [0.29, 0.717) is 11.8 Å². The summed E-state index contributed by atoms with van der Waals surface area (Å²) < 4.78 is 2.62. The van der Waals surface area contributed by atoms with Crippen molar-refractivity contribution in [2.24, 2.45) is 23.7 Å². The van der Waals surface area contributed by atoms with Crippen molar-refractivity contribution in [2.75, 3.05) is 0 Å². The predicted octanol–water partition coefficient (Wildman–Crippen LogP) is 8.02. The fourth-order valence-corrected chi connectivity index (χ4v) is 8.73. The number of fused-ring (bicyclic) bond motifs is 3. The molecule has 1 aromatic heterocycles. The third-order valence-corrected chi connectivity index (χ3v) is 9.86. The second kappa shape index (κ2) is 6.57. The first-order chi connectivity index (χ1) is 15.1. The average Bonchev–Trinajstić information content (AvgIpc) is 3.16. The third-order valence-electron chi connectivity index (χ3n) is 8.49. The molecule has 8 rings (SSSR count). The van der Waals surface area contributed by atoms with Gasteiger partial charge in [-0.15, -0.1) is 11.3 Å². The summed E-state index contributed by atoms with van der Waals surface area (Å²) in [5.74, 6) is 2.35. The van der Waals surface area contributed by atoms with Crippen LogP contribution in [0.1, 0.15) is 37.7 Å². The highest BCUT2D eigenvalue weighted by atomic mass is 35.5. The highest BCUT2D eigenvalue weighted by Crippen LogP contribution is 2.63. The summed E-state index contributed by atoms with van der Waals surface area (Å²) in [7, 11) is 0. The van der Waals surface area contributed by atoms with Crippen molar-refractivity contribution in [1.82, 2.24) is 0 Å². The first-order valence-corrected chi connectivity index (χ1v) is 12.7. The molecule has 4 fully saturated rings. The SMILES string of the molecule is OC1(c2cc(Cl)ccc2-c2cccc3sc4ccccc4c23)C2CC3CC(C2)CC1C3. The molecule has 1 N–H and O–H groups in total. The van der Waals surface area contributed by atoms with Gasteiger partial charge in [0, 0.05) is 25.2 Å². The summed E-state index contributed by atoms with van der Waals surface area (Å²) >= 11 is 8.41. The molecule has 3 heteroatoms. The van der Waals surface area contributed by atoms with E-state index in [0.717, 1.165) is 28.0 Å². The molecular formula is C28H25ClOS. The van der Waals surface area contributed by atoms with Gasteiger partial charge in [0.2, 0.25) is 0 Å². The number of aliphatic hydroxyl groups is 1. The van der Waals surface area contributed by atoms with Crippen molar-refractivity contribution in [1.29, 1.82) is 0 Å². The Morgan fingerprint density at radius 3 is 2.26 bits per heavy atom. The van der Waals surface area contributed by atoms with Gasteiger partial charge in [-0.2, -0.15) is 0 Å². The summed E-state index contributed by atoms with van der Waals surface area (Å²) in [5.41, 5.74) is 2.69. The minimum absolute atomic E-state index is 0.361. The topological polar surface area (TPSA) is 20.2 Å². The second-order valence-electron chi connectivity index (χ2n) is 10.1. The zero-order valence-electron chi connectivity index (χ0n) is 17.4. The first-order valence-electron chi connectivity index (χ1n) is 11.5. The van der Waals surface area contributed by atoms with Crippen LogP contribution in [0.2, 0.25) is 5.02 Å². The van der Waals surface area contributed by atoms with Crippen molar-refractivity contribution in [2.45, 2.75) is 37.7 Å². The van der Waals surface area contributed by atoms with Crippen LogP contribution in [0.5, 0.6) is 0 Å². The smallest absolute Gasteiger partial charge is 0.0959 e. The van der Waals surface area contributed by atoms with Crippen LogP contribution >= 0.6 is 22.9 Å². The molecule has 4 aliphatic rings. The van der Waals surface area contributed by atoms with E-state index in [1.54, 1.807) is 0 Å². The van der Waals surface area contributed by atoms with E-state index in [2.05, 4.69) is 54.6 Å². The Morgan fingerprint density at radius 1 is 0.774 bits per heavy atom. The third kappa shape index (κ3) is 2.59. The highest BCUT2D eigenvalue weighted by molar-refractivity contribution is 7.25. The predicted molar refractivity (Wildman–Crippen MR) is 131 cm³/mol. The maximum Gasteiger partial charge on any atom is 0.0959 e. The fraction of sp³-hybridized carbons (Fsp3) is 0.357. The van der Waals surface area contributed by atoms with Gasteiger partial charge in [0.25, 0.3) is 0 Å². The number of hydrogen-bond donors (Lipinski definition) is 1. The molecule has 4 aliphatic carbocycles. The van der Waals surface area contributed by atoms with Crippen LogP contribution in [0.25, 0.3) is 31.3 Å². The molecule has 4 aromatic rings. The summed E-state index contributed by atoms with van der Waals surface area (Å²) in [6.45, 7) is 0. The van der Waals surface area contributed by atoms with Crippen LogP contribution in [0.15, 0.2) is 60.7 Å². The van der Waals surface area contributed by atoms with Gasteiger partial charge in [0.1, 0.15) is 0 Å². The van der Waals surface area contributed by atoms with Gasteiger partial charge >= 0.3 is 0 Å². The van der Waals surface area contributed by atoms with Gasteiger partial charge < -0.3 is 5.11 Å². The molecule has 0 aliphatic heterocycles. The first kappa shape index (κ1) is 18.7. The standard InChI is InChI=1S/C28H25ClOS/c29-20-8-9-21(22-5-3-7-26-27(22)23-4-1-2-6-25(23)31-26)24(15-20)28(30)18-11-16-10-17(13-18)14-19(28)12-16/h1-9,15-19,30H,10-14H2. The van der Waals surface area contributed by atoms with E-state index in [9.17, 15) is 5.11 Å². The molecule has 31 heavy (non-hydrogen) atoms. The molecule has 0 unspecified atom stereocenters. The van der Waals surface area contributed by atoms with Crippen molar-refractivity contribution in [3.05, 3.63) is 71.2 Å². The second-order valence-corrected chi connectivity index (χ2v) is 11.6. The van der Waals surface area contributed by atoms with Gasteiger partial charge in [0.05, 0.1) is 5.60 Å². The van der Waals surface area contributed by atoms with E-state index < -0.39 is 5.60 Å². The van der Waals surface area contributed by atoms with Crippen LogP contribution in [0, 0.1) is 23.7 Å². The van der Waals surface area contributed by atoms with Crippen LogP contribution in [-0.4, -0.2) is 5.11 Å². The number of hydrogen-bond acceptors (Lipinski definition) is 2. The normalized spacial score (nSPS) is 31.7. The quantitative estimate of drug-likeness (QED) is 0.332. The largest absolute Gasteiger partial charge is 0.385 e. The number of halogens is 1. The monoisotopic (exact) mass is 444 g/mol. The van der Waals surface area contributed by atoms with Crippen molar-refractivity contribution < 1.29 is 5.11 Å². The fourth-order valence-electron chi connectivity index (χ4n) is 7.42. The average molecular weight is 445 g/mol. The van der Waals surface area contributed by atoms with Crippen LogP contribution in [0.3, 0.4) is 0 Å². The Bertz CT molecular complexity index is 1310. The molecule has 4 bridgehead atoms. The lowest BCUT2D eigenvalue weighted by molar-refractivity contribution is -0.179. The zero-order chi connectivity index (χ0) is 20.7. The molecule has 0 amide bonds. The van der Waals surface area contributed by atoms with Gasteiger partial charge in [0.15, 0.2) is 0 Å². The summed E-state index contributed by atoms with van der Waals surface area (Å²) in [6, 6.07) is 21.5. The molecule has 0 saturated heterocycles. The molecule has 3 aromatic carbocycles. The van der Waals surface area contributed by atoms with Crippen LogP contribution < -0.4 is 0 Å². The Hall–Kier alpha value is -1.87. The molecule has 0 spiro atoms. The van der Waals surface area contributed by atoms with Gasteiger partial charge in [-0.05, 0) is 96.7 Å². The number of rotatable bonds is 2. The molecule has 0 atom stereocenters. The lowest BCUT2D eigenvalue weighted by atomic mass is 9.48. The Labute approximate surface area is 191 Å². The van der Waals surface area contributed by atoms with Crippen molar-refractivity contribution in [3.8, 4) is 11.1 Å². The van der Waals surface area contributed by atoms with E-state index in [1.165, 1.54) is 57.8 Å². The molecule has 1 heterocycles. The lowest BCUT2D eigenvalue weighted by Crippen LogP contribution is -2.55. The van der Waals surface area contributed by atoms with E-state index in [1.807, 2.05) is 17.4 Å². The van der Waals surface area contributed by atoms with Gasteiger partial charge in [-0.25, -0.2) is 0 Å². The number of benzene rings is 3. The Morgan fingerprint density at radius 2 is 1.48 bits per heavy atom. The van der Waals surface area contributed by atoms with Crippen molar-refractivity contribution in [3.63, 3.8) is 0 Å². The van der Waals surface area contributed by atoms with Crippen molar-refractivity contribution >= 4 is 43.1 Å². The van der Waals surface area contributed by atoms with Gasteiger partial charge in [-0.1, -0.05) is 48.0 Å². The number of thiophene rings is 1. The maximum absolute atomic E-state index is 12.4. The summed E-state index contributed by atoms with van der Waals surface area (Å²) in [6.07, 6.45) is 6.05. The summed E-state index contributed by atoms with van der Waals surface area (Å²) in [4.78, 5) is 0. The maximum atomic E-state index is 12.4. The minimum atomic E-state index is -0.762. The van der Waals surface area contributed by atoms with E-state index in [-0.39, 0.29) is 0 Å². The van der Waals surface area contributed by atoms with Crippen LogP contribution in [0.4, 0.5) is 0 Å². The Balaban J connectivity index is 1.50. The van der Waals surface area contributed by atoms with E-state index >= 15 is 0 Å². The highest BCUT2D eigenvalue weighted by Gasteiger charge is 2.57. The molecule has 4 saturated carbocycles. The van der Waals surface area contributed by atoms with Crippen LogP contribution in [-0.2, 0) is 5.60 Å². The minimum Gasteiger partial charge on any atom is -0.385 e. The zero-order valence-corrected chi connectivity index (χ0v) is 18.9. The molecule has 0 radical (unpaired) electrons. The van der Waals surface area contributed by atoms with Gasteiger partial charge in [-0.3, -0.25) is 0 Å². The Kier molecular flexibility index (Phi) is 3.96. The lowest BCUT2D eigenvalue weighted by Gasteiger charge is -2.59. The van der Waals surface area contributed by atoms with E-state index in [4.69, 9.17) is 11.6 Å².